The van der Waals surface area contributed by atoms with Crippen molar-refractivity contribution in [2.24, 2.45) is 10.3 Å². The molecule has 1 fully saturated rings. The summed E-state index contributed by atoms with van der Waals surface area (Å²) in [6.07, 6.45) is 6.44. The van der Waals surface area contributed by atoms with Crippen molar-refractivity contribution in [2.45, 2.75) is 51.2 Å². The van der Waals surface area contributed by atoms with E-state index in [2.05, 4.69) is 9.38 Å². The Morgan fingerprint density at radius 2 is 2.16 bits per heavy atom. The van der Waals surface area contributed by atoms with Crippen LogP contribution in [0.3, 0.4) is 0 Å². The number of rotatable bonds is 5. The van der Waals surface area contributed by atoms with E-state index in [1.54, 1.807) is 6.20 Å². The van der Waals surface area contributed by atoms with E-state index >= 15 is 0 Å². The minimum Gasteiger partial charge on any atom is -0.255 e. The Hall–Kier alpha value is -1.03. The Morgan fingerprint density at radius 1 is 1.42 bits per heavy atom. The molecule has 1 atom stereocenters. The van der Waals surface area contributed by atoms with Gasteiger partial charge in [-0.25, -0.2) is 4.21 Å². The number of aromatic nitrogens is 1. The Bertz CT molecular complexity index is 473. The first kappa shape index (κ1) is 14.4. The topological polar surface area (TPSA) is 42.3 Å². The number of hydrogen-bond donors (Lipinski definition) is 0. The summed E-state index contributed by atoms with van der Waals surface area (Å²) in [5.41, 5.74) is 1.75. The van der Waals surface area contributed by atoms with Crippen molar-refractivity contribution in [1.82, 2.24) is 4.98 Å². The van der Waals surface area contributed by atoms with Crippen molar-refractivity contribution in [2.75, 3.05) is 0 Å². The molecule has 1 saturated carbocycles. The molecule has 0 aliphatic heterocycles. The van der Waals surface area contributed by atoms with Crippen LogP contribution in [0.2, 0.25) is 0 Å². The number of pyridine rings is 1. The SMILES string of the molecule is CC(C)(C)[S@@](=O)N=C(CCC1CC1)c1ccccn1. The molecule has 0 spiro atoms. The van der Waals surface area contributed by atoms with Crippen LogP contribution in [0.25, 0.3) is 0 Å². The summed E-state index contributed by atoms with van der Waals surface area (Å²) in [4.78, 5) is 4.35. The van der Waals surface area contributed by atoms with Gasteiger partial charge in [0, 0.05) is 6.20 Å². The first-order valence-electron chi connectivity index (χ1n) is 6.88. The molecule has 19 heavy (non-hydrogen) atoms. The Kier molecular flexibility index (Phi) is 4.50. The summed E-state index contributed by atoms with van der Waals surface area (Å²) in [6, 6.07) is 5.79. The van der Waals surface area contributed by atoms with E-state index in [9.17, 15) is 4.21 Å². The van der Waals surface area contributed by atoms with Crippen molar-refractivity contribution in [1.29, 1.82) is 0 Å². The molecule has 104 valence electrons. The quantitative estimate of drug-likeness (QED) is 0.773. The van der Waals surface area contributed by atoms with Crippen LogP contribution in [0.1, 0.15) is 52.1 Å². The second-order valence-corrected chi connectivity index (χ2v) is 8.00. The summed E-state index contributed by atoms with van der Waals surface area (Å²) in [5, 5.41) is 0. The van der Waals surface area contributed by atoms with E-state index in [1.165, 1.54) is 12.8 Å². The summed E-state index contributed by atoms with van der Waals surface area (Å²) in [6.45, 7) is 5.84. The first-order chi connectivity index (χ1) is 8.97. The molecule has 0 amide bonds. The Balaban J connectivity index is 2.17. The van der Waals surface area contributed by atoms with Crippen LogP contribution >= 0.6 is 0 Å². The minimum absolute atomic E-state index is 0.320. The molecule has 0 N–H and O–H groups in total. The lowest BCUT2D eigenvalue weighted by Crippen LogP contribution is -2.21. The lowest BCUT2D eigenvalue weighted by molar-refractivity contribution is 0.650. The van der Waals surface area contributed by atoms with Gasteiger partial charge < -0.3 is 0 Å². The molecule has 0 saturated heterocycles. The van der Waals surface area contributed by atoms with Crippen LogP contribution in [-0.2, 0) is 11.0 Å². The highest BCUT2D eigenvalue weighted by Gasteiger charge is 2.24. The van der Waals surface area contributed by atoms with Gasteiger partial charge in [0.15, 0.2) is 0 Å². The van der Waals surface area contributed by atoms with Crippen molar-refractivity contribution in [3.8, 4) is 0 Å². The van der Waals surface area contributed by atoms with E-state index in [0.717, 1.165) is 30.2 Å². The molecule has 4 heteroatoms. The fourth-order valence-electron chi connectivity index (χ4n) is 1.74. The zero-order valence-electron chi connectivity index (χ0n) is 11.9. The lowest BCUT2D eigenvalue weighted by Gasteiger charge is -2.15. The zero-order valence-corrected chi connectivity index (χ0v) is 12.7. The molecule has 1 aliphatic carbocycles. The molecule has 2 rings (SSSR count). The number of hydrogen-bond acceptors (Lipinski definition) is 2. The van der Waals surface area contributed by atoms with Gasteiger partial charge in [-0.05, 0) is 51.7 Å². The highest BCUT2D eigenvalue weighted by molar-refractivity contribution is 7.85. The van der Waals surface area contributed by atoms with Crippen LogP contribution in [0.4, 0.5) is 0 Å². The second kappa shape index (κ2) is 5.95. The fraction of sp³-hybridized carbons (Fsp3) is 0.600. The summed E-state index contributed by atoms with van der Waals surface area (Å²) in [7, 11) is -1.21. The average Bonchev–Trinajstić information content (AvgIpc) is 3.18. The van der Waals surface area contributed by atoms with E-state index in [1.807, 2.05) is 39.0 Å². The lowest BCUT2D eigenvalue weighted by atomic mass is 10.1. The van der Waals surface area contributed by atoms with Crippen LogP contribution < -0.4 is 0 Å². The van der Waals surface area contributed by atoms with Crippen molar-refractivity contribution >= 4 is 16.7 Å². The molecule has 0 unspecified atom stereocenters. The molecule has 1 aromatic heterocycles. The summed E-state index contributed by atoms with van der Waals surface area (Å²) >= 11 is 0. The molecule has 0 radical (unpaired) electrons. The zero-order chi connectivity index (χ0) is 13.9. The largest absolute Gasteiger partial charge is 0.255 e. The van der Waals surface area contributed by atoms with E-state index in [-0.39, 0.29) is 4.75 Å². The van der Waals surface area contributed by atoms with Crippen LogP contribution in [0.15, 0.2) is 28.8 Å². The third-order valence-corrected chi connectivity index (χ3v) is 4.60. The maximum absolute atomic E-state index is 12.2. The van der Waals surface area contributed by atoms with Crippen LogP contribution in [0, 0.1) is 5.92 Å². The smallest absolute Gasteiger partial charge is 0.145 e. The Morgan fingerprint density at radius 3 is 2.68 bits per heavy atom. The first-order valence-corrected chi connectivity index (χ1v) is 7.98. The maximum Gasteiger partial charge on any atom is 0.145 e. The van der Waals surface area contributed by atoms with E-state index in [4.69, 9.17) is 0 Å². The highest BCUT2D eigenvalue weighted by Crippen LogP contribution is 2.34. The molecule has 1 aliphatic rings. The monoisotopic (exact) mass is 278 g/mol. The maximum atomic E-state index is 12.2. The van der Waals surface area contributed by atoms with Gasteiger partial charge >= 0.3 is 0 Å². The molecule has 1 aromatic rings. The Labute approximate surface area is 118 Å². The highest BCUT2D eigenvalue weighted by atomic mass is 32.2. The van der Waals surface area contributed by atoms with Crippen molar-refractivity contribution in [3.05, 3.63) is 30.1 Å². The second-order valence-electron chi connectivity index (χ2n) is 6.10. The predicted molar refractivity (Wildman–Crippen MR) is 80.6 cm³/mol. The van der Waals surface area contributed by atoms with Gasteiger partial charge in [-0.3, -0.25) is 4.98 Å². The van der Waals surface area contributed by atoms with Gasteiger partial charge in [0.1, 0.15) is 11.0 Å². The summed E-state index contributed by atoms with van der Waals surface area (Å²) in [5.74, 6) is 0.844. The van der Waals surface area contributed by atoms with Crippen LogP contribution in [0.5, 0.6) is 0 Å². The normalized spacial score (nSPS) is 18.4. The van der Waals surface area contributed by atoms with Gasteiger partial charge in [-0.2, -0.15) is 4.40 Å². The molecule has 1 heterocycles. The van der Waals surface area contributed by atoms with Gasteiger partial charge in [0.25, 0.3) is 0 Å². The van der Waals surface area contributed by atoms with E-state index in [0.29, 0.717) is 0 Å². The molecular weight excluding hydrogens is 256 g/mol. The van der Waals surface area contributed by atoms with Gasteiger partial charge in [0.05, 0.1) is 16.2 Å². The third kappa shape index (κ3) is 4.53. The molecule has 0 bridgehead atoms. The molecule has 0 aromatic carbocycles. The fourth-order valence-corrected chi connectivity index (χ4v) is 2.40. The standard InChI is InChI=1S/C15H22N2OS/c1-15(2,3)19(18)17-14(10-9-12-7-8-12)13-6-4-5-11-16-13/h4-6,11-12H,7-10H2,1-3H3/t19-/m1/s1. The number of nitrogens with zero attached hydrogens (tertiary/aromatic N) is 2. The van der Waals surface area contributed by atoms with Gasteiger partial charge in [-0.15, -0.1) is 0 Å². The summed E-state index contributed by atoms with van der Waals surface area (Å²) < 4.78 is 16.3. The van der Waals surface area contributed by atoms with Gasteiger partial charge in [-0.1, -0.05) is 18.9 Å². The van der Waals surface area contributed by atoms with Crippen molar-refractivity contribution in [3.63, 3.8) is 0 Å². The third-order valence-electron chi connectivity index (χ3n) is 3.16. The predicted octanol–water partition coefficient (Wildman–Crippen LogP) is 3.52. The molecular formula is C15H22N2OS. The molecule has 3 nitrogen and oxygen atoms in total. The van der Waals surface area contributed by atoms with Crippen LogP contribution in [-0.4, -0.2) is 19.7 Å². The van der Waals surface area contributed by atoms with Crippen molar-refractivity contribution < 1.29 is 4.21 Å². The average molecular weight is 278 g/mol. The van der Waals surface area contributed by atoms with Gasteiger partial charge in [0.2, 0.25) is 0 Å². The minimum atomic E-state index is -1.21. The van der Waals surface area contributed by atoms with E-state index < -0.39 is 11.0 Å².